The van der Waals surface area contributed by atoms with Crippen LogP contribution in [0.5, 0.6) is 0 Å². The second-order valence-corrected chi connectivity index (χ2v) is 1.51. The Morgan fingerprint density at radius 3 is 2.57 bits per heavy atom. The van der Waals surface area contributed by atoms with Crippen molar-refractivity contribution in [3.8, 4) is 0 Å². The Hall–Kier alpha value is -0.180. The Bertz CT molecular complexity index is 89.7. The van der Waals surface area contributed by atoms with Crippen LogP contribution in [0.25, 0.3) is 0 Å². The zero-order chi connectivity index (χ0) is 5.70. The van der Waals surface area contributed by atoms with Gasteiger partial charge in [0, 0.05) is 5.33 Å². The zero-order valence-corrected chi connectivity index (χ0v) is 5.11. The summed E-state index contributed by atoms with van der Waals surface area (Å²) >= 11 is 2.92. The molecule has 1 nitrogen and oxygen atoms in total. The number of allylic oxidation sites excluding steroid dienone is 2. The van der Waals surface area contributed by atoms with Crippen molar-refractivity contribution in [2.75, 3.05) is 5.33 Å². The monoisotopic (exact) mass is 166 g/mol. The number of carbonyl (C=O) groups excluding carboxylic acids is 1. The first-order valence-corrected chi connectivity index (χ1v) is 2.80. The van der Waals surface area contributed by atoms with Crippen molar-refractivity contribution in [3.05, 3.63) is 11.9 Å². The summed E-state index contributed by atoms with van der Waals surface area (Å²) in [6.07, 6.45) is 1.31. The Balaban J connectivity index is 3.49. The van der Waals surface area contributed by atoms with E-state index in [1.165, 1.54) is 0 Å². The van der Waals surface area contributed by atoms with Crippen LogP contribution in [0.15, 0.2) is 11.9 Å². The van der Waals surface area contributed by atoms with Crippen molar-refractivity contribution in [1.82, 2.24) is 0 Å². The molecule has 0 saturated carbocycles. The molecule has 0 N–H and O–H groups in total. The first-order valence-electron chi connectivity index (χ1n) is 1.68. The molecule has 0 aliphatic carbocycles. The second-order valence-electron chi connectivity index (χ2n) is 0.861. The largest absolute Gasteiger partial charge is 0.295 e. The fourth-order valence-corrected chi connectivity index (χ4v) is 0.431. The number of hydrogen-bond donors (Lipinski definition) is 0. The maximum absolute atomic E-state index is 11.6. The molecule has 0 saturated heterocycles. The molecule has 0 rings (SSSR count). The highest BCUT2D eigenvalue weighted by Gasteiger charge is 1.83. The van der Waals surface area contributed by atoms with Crippen LogP contribution in [0.4, 0.5) is 4.39 Å². The molecule has 0 amide bonds. The van der Waals surface area contributed by atoms with E-state index in [-0.39, 0.29) is 6.29 Å². The lowest BCUT2D eigenvalue weighted by atomic mass is 10.5. The van der Waals surface area contributed by atoms with Gasteiger partial charge in [-0.15, -0.1) is 0 Å². The van der Waals surface area contributed by atoms with Gasteiger partial charge in [-0.05, 0) is 6.08 Å². The van der Waals surface area contributed by atoms with Crippen LogP contribution in [0, 0.1) is 0 Å². The van der Waals surface area contributed by atoms with E-state index < -0.39 is 5.83 Å². The van der Waals surface area contributed by atoms with Crippen LogP contribution in [-0.2, 0) is 4.79 Å². The fraction of sp³-hybridized carbons (Fsp3) is 0.250. The van der Waals surface area contributed by atoms with Gasteiger partial charge >= 0.3 is 0 Å². The van der Waals surface area contributed by atoms with Crippen LogP contribution < -0.4 is 0 Å². The topological polar surface area (TPSA) is 17.1 Å². The number of halogens is 2. The molecule has 0 unspecified atom stereocenters. The number of alkyl halides is 1. The summed E-state index contributed by atoms with van der Waals surface area (Å²) in [6, 6.07) is 0. The van der Waals surface area contributed by atoms with E-state index in [9.17, 15) is 9.18 Å². The van der Waals surface area contributed by atoms with E-state index in [2.05, 4.69) is 15.9 Å². The summed E-state index contributed by atoms with van der Waals surface area (Å²) in [7, 11) is 0. The Labute approximate surface area is 49.3 Å². The molecule has 3 heteroatoms. The molecule has 0 aliphatic rings. The van der Waals surface area contributed by atoms with E-state index in [0.29, 0.717) is 5.33 Å². The summed E-state index contributed by atoms with van der Waals surface area (Å²) < 4.78 is 11.6. The third-order valence-corrected chi connectivity index (χ3v) is 0.708. The van der Waals surface area contributed by atoms with Gasteiger partial charge in [-0.2, -0.15) is 0 Å². The molecular weight excluding hydrogens is 163 g/mol. The average molecular weight is 167 g/mol. The quantitative estimate of drug-likeness (QED) is 0.345. The summed E-state index contributed by atoms with van der Waals surface area (Å²) in [5.74, 6) is -0.725. The number of rotatable bonds is 2. The second kappa shape index (κ2) is 3.99. The Morgan fingerprint density at radius 1 is 1.86 bits per heavy atom. The highest BCUT2D eigenvalue weighted by atomic mass is 79.9. The van der Waals surface area contributed by atoms with Crippen molar-refractivity contribution >= 4 is 22.2 Å². The first-order chi connectivity index (χ1) is 3.31. The van der Waals surface area contributed by atoms with Crippen LogP contribution in [0.1, 0.15) is 0 Å². The molecule has 0 radical (unpaired) electrons. The third kappa shape index (κ3) is 3.66. The average Bonchev–Trinajstić information content (AvgIpc) is 1.68. The number of aldehydes is 1. The lowest BCUT2D eigenvalue weighted by molar-refractivity contribution is -0.106. The highest BCUT2D eigenvalue weighted by Crippen LogP contribution is 1.91. The third-order valence-electron chi connectivity index (χ3n) is 0.385. The molecular formula is C4H4BrFO. The van der Waals surface area contributed by atoms with Gasteiger partial charge < -0.3 is 0 Å². The van der Waals surface area contributed by atoms with Gasteiger partial charge in [0.05, 0.1) is 0 Å². The molecule has 0 aromatic rings. The van der Waals surface area contributed by atoms with E-state index in [1.807, 2.05) is 0 Å². The van der Waals surface area contributed by atoms with Crippen molar-refractivity contribution in [2.45, 2.75) is 0 Å². The fourth-order valence-electron chi connectivity index (χ4n) is 0.122. The molecule has 40 valence electrons. The molecule has 0 spiro atoms. The van der Waals surface area contributed by atoms with E-state index in [0.717, 1.165) is 6.08 Å². The normalized spacial score (nSPS) is 11.4. The Kier molecular flexibility index (Phi) is 3.89. The number of hydrogen-bond acceptors (Lipinski definition) is 1. The summed E-state index contributed by atoms with van der Waals surface area (Å²) in [6.45, 7) is 0. The lowest BCUT2D eigenvalue weighted by Gasteiger charge is -1.73. The number of carbonyl (C=O) groups is 1. The van der Waals surface area contributed by atoms with Crippen LogP contribution in [-0.4, -0.2) is 11.6 Å². The molecule has 0 heterocycles. The standard InChI is InChI=1S/C4H4BrFO/c5-2-1-4(6)3-7/h1,3H,2H2/b4-1-. The smallest absolute Gasteiger partial charge is 0.178 e. The molecule has 0 bridgehead atoms. The SMILES string of the molecule is O=C/C(F)=C/CBr. The predicted octanol–water partition coefficient (Wildman–Crippen LogP) is 1.43. The lowest BCUT2D eigenvalue weighted by Crippen LogP contribution is -1.72. The van der Waals surface area contributed by atoms with Crippen LogP contribution in [0.2, 0.25) is 0 Å². The molecule has 0 aliphatic heterocycles. The van der Waals surface area contributed by atoms with Crippen molar-refractivity contribution in [2.24, 2.45) is 0 Å². The molecule has 0 aromatic carbocycles. The van der Waals surface area contributed by atoms with Gasteiger partial charge in [0.15, 0.2) is 12.1 Å². The van der Waals surface area contributed by atoms with Gasteiger partial charge in [-0.1, -0.05) is 15.9 Å². The van der Waals surface area contributed by atoms with Gasteiger partial charge in [-0.3, -0.25) is 4.79 Å². The van der Waals surface area contributed by atoms with Gasteiger partial charge in [0.2, 0.25) is 0 Å². The minimum atomic E-state index is -0.725. The molecule has 0 atom stereocenters. The summed E-state index contributed by atoms with van der Waals surface area (Å²) in [4.78, 5) is 9.43. The minimum Gasteiger partial charge on any atom is -0.295 e. The van der Waals surface area contributed by atoms with Gasteiger partial charge in [-0.25, -0.2) is 4.39 Å². The van der Waals surface area contributed by atoms with E-state index in [4.69, 9.17) is 0 Å². The maximum Gasteiger partial charge on any atom is 0.178 e. The first kappa shape index (κ1) is 6.82. The van der Waals surface area contributed by atoms with Crippen molar-refractivity contribution in [1.29, 1.82) is 0 Å². The van der Waals surface area contributed by atoms with Crippen molar-refractivity contribution < 1.29 is 9.18 Å². The minimum absolute atomic E-state index is 0.168. The summed E-state index contributed by atoms with van der Waals surface area (Å²) in [5.41, 5.74) is 0. The maximum atomic E-state index is 11.6. The molecule has 0 fully saturated rings. The molecule has 0 aromatic heterocycles. The van der Waals surface area contributed by atoms with Gasteiger partial charge in [0.25, 0.3) is 0 Å². The van der Waals surface area contributed by atoms with E-state index >= 15 is 0 Å². The van der Waals surface area contributed by atoms with Crippen LogP contribution >= 0.6 is 15.9 Å². The van der Waals surface area contributed by atoms with Gasteiger partial charge in [0.1, 0.15) is 0 Å². The molecule has 7 heavy (non-hydrogen) atoms. The summed E-state index contributed by atoms with van der Waals surface area (Å²) in [5, 5.41) is 0.386. The highest BCUT2D eigenvalue weighted by molar-refractivity contribution is 9.09. The predicted molar refractivity (Wildman–Crippen MR) is 29.0 cm³/mol. The van der Waals surface area contributed by atoms with E-state index in [1.54, 1.807) is 0 Å². The van der Waals surface area contributed by atoms with Crippen LogP contribution in [0.3, 0.4) is 0 Å². The Morgan fingerprint density at radius 2 is 2.43 bits per heavy atom. The van der Waals surface area contributed by atoms with Crippen molar-refractivity contribution in [3.63, 3.8) is 0 Å². The zero-order valence-electron chi connectivity index (χ0n) is 3.53.